The fourth-order valence-electron chi connectivity index (χ4n) is 3.42. The summed E-state index contributed by atoms with van der Waals surface area (Å²) in [4.78, 5) is 20.4. The molecule has 0 bridgehead atoms. The highest BCUT2D eigenvalue weighted by Gasteiger charge is 2.41. The van der Waals surface area contributed by atoms with Gasteiger partial charge in [0.05, 0.1) is 0 Å². The van der Waals surface area contributed by atoms with Gasteiger partial charge in [0.15, 0.2) is 0 Å². The SMILES string of the molecule is OOC1(OOC2(OO)CCCCCCC2)CCCCCCC1. The average Bonchev–Trinajstić information content (AvgIpc) is 2.49. The summed E-state index contributed by atoms with van der Waals surface area (Å²) >= 11 is 0. The van der Waals surface area contributed by atoms with E-state index in [0.717, 1.165) is 51.4 Å². The van der Waals surface area contributed by atoms with E-state index in [2.05, 4.69) is 9.78 Å². The van der Waals surface area contributed by atoms with Gasteiger partial charge in [-0.05, 0) is 25.7 Å². The molecule has 0 spiro atoms. The Bertz CT molecular complexity index is 263. The van der Waals surface area contributed by atoms with Gasteiger partial charge in [-0.15, -0.1) is 0 Å². The van der Waals surface area contributed by atoms with Crippen LogP contribution in [0.15, 0.2) is 0 Å². The van der Waals surface area contributed by atoms with Crippen molar-refractivity contribution >= 4 is 0 Å². The monoisotopic (exact) mass is 318 g/mol. The van der Waals surface area contributed by atoms with Gasteiger partial charge >= 0.3 is 0 Å². The van der Waals surface area contributed by atoms with E-state index < -0.39 is 11.6 Å². The van der Waals surface area contributed by atoms with Crippen LogP contribution >= 0.6 is 0 Å². The zero-order valence-corrected chi connectivity index (χ0v) is 13.4. The molecule has 22 heavy (non-hydrogen) atoms. The van der Waals surface area contributed by atoms with E-state index >= 15 is 0 Å². The van der Waals surface area contributed by atoms with Crippen LogP contribution in [-0.2, 0) is 19.6 Å². The third kappa shape index (κ3) is 5.15. The van der Waals surface area contributed by atoms with Crippen LogP contribution in [0.3, 0.4) is 0 Å². The number of hydrogen-bond donors (Lipinski definition) is 2. The van der Waals surface area contributed by atoms with E-state index in [9.17, 15) is 10.5 Å². The Kier molecular flexibility index (Phi) is 7.53. The van der Waals surface area contributed by atoms with Gasteiger partial charge in [0.1, 0.15) is 0 Å². The summed E-state index contributed by atoms with van der Waals surface area (Å²) < 4.78 is 0. The molecule has 2 aliphatic carbocycles. The summed E-state index contributed by atoms with van der Waals surface area (Å²) in [5, 5.41) is 18.7. The Labute approximate surface area is 132 Å². The quantitative estimate of drug-likeness (QED) is 0.431. The molecule has 2 fully saturated rings. The van der Waals surface area contributed by atoms with Crippen LogP contribution in [0.2, 0.25) is 0 Å². The van der Waals surface area contributed by atoms with Crippen molar-refractivity contribution in [3.63, 3.8) is 0 Å². The lowest BCUT2D eigenvalue weighted by Crippen LogP contribution is -2.43. The maximum absolute atomic E-state index is 9.34. The van der Waals surface area contributed by atoms with Crippen molar-refractivity contribution in [2.45, 2.75) is 101 Å². The molecule has 0 unspecified atom stereocenters. The summed E-state index contributed by atoms with van der Waals surface area (Å²) in [6, 6.07) is 0. The van der Waals surface area contributed by atoms with Crippen LogP contribution < -0.4 is 0 Å². The van der Waals surface area contributed by atoms with E-state index in [1.807, 2.05) is 0 Å². The zero-order chi connectivity index (χ0) is 15.7. The van der Waals surface area contributed by atoms with Gasteiger partial charge in [0, 0.05) is 25.7 Å². The first-order valence-corrected chi connectivity index (χ1v) is 8.76. The van der Waals surface area contributed by atoms with Gasteiger partial charge in [-0.1, -0.05) is 38.5 Å². The second-order valence-electron chi connectivity index (χ2n) is 6.71. The molecule has 0 aromatic heterocycles. The molecule has 2 saturated carbocycles. The van der Waals surface area contributed by atoms with Crippen molar-refractivity contribution in [2.24, 2.45) is 0 Å². The molecule has 2 N–H and O–H groups in total. The van der Waals surface area contributed by atoms with E-state index in [4.69, 9.17) is 9.78 Å². The Morgan fingerprint density at radius 3 is 1.00 bits per heavy atom. The second-order valence-corrected chi connectivity index (χ2v) is 6.71. The summed E-state index contributed by atoms with van der Waals surface area (Å²) in [6.45, 7) is 0. The molecule has 2 aliphatic rings. The molecule has 0 heterocycles. The van der Waals surface area contributed by atoms with Crippen LogP contribution in [0.1, 0.15) is 89.9 Å². The molecular formula is C16H30O6. The van der Waals surface area contributed by atoms with E-state index in [1.165, 1.54) is 12.8 Å². The summed E-state index contributed by atoms with van der Waals surface area (Å²) in [5.41, 5.74) is 0. The fourth-order valence-corrected chi connectivity index (χ4v) is 3.42. The molecular weight excluding hydrogens is 288 g/mol. The Balaban J connectivity index is 1.95. The molecule has 0 amide bonds. The van der Waals surface area contributed by atoms with Crippen LogP contribution in [0.25, 0.3) is 0 Å². The van der Waals surface area contributed by atoms with Gasteiger partial charge in [-0.2, -0.15) is 9.78 Å². The maximum Gasteiger partial charge on any atom is 0.233 e. The smallest absolute Gasteiger partial charge is 0.233 e. The third-order valence-corrected chi connectivity index (χ3v) is 4.91. The molecule has 0 atom stereocenters. The Morgan fingerprint density at radius 1 is 0.455 bits per heavy atom. The van der Waals surface area contributed by atoms with Gasteiger partial charge in [-0.3, -0.25) is 0 Å². The maximum atomic E-state index is 9.34. The van der Waals surface area contributed by atoms with E-state index in [0.29, 0.717) is 25.7 Å². The molecule has 0 saturated heterocycles. The topological polar surface area (TPSA) is 77.4 Å². The summed E-state index contributed by atoms with van der Waals surface area (Å²) in [7, 11) is 0. The largest absolute Gasteiger partial charge is 0.249 e. The second kappa shape index (κ2) is 9.15. The van der Waals surface area contributed by atoms with Gasteiger partial charge in [0.2, 0.25) is 11.6 Å². The molecule has 0 aliphatic heterocycles. The van der Waals surface area contributed by atoms with Crippen molar-refractivity contribution in [3.05, 3.63) is 0 Å². The lowest BCUT2D eigenvalue weighted by Gasteiger charge is -2.36. The summed E-state index contributed by atoms with van der Waals surface area (Å²) in [5.74, 6) is -2.29. The average molecular weight is 318 g/mol. The molecule has 2 rings (SSSR count). The number of rotatable bonds is 5. The van der Waals surface area contributed by atoms with Crippen LogP contribution in [0, 0.1) is 0 Å². The molecule has 0 aromatic carbocycles. The minimum Gasteiger partial charge on any atom is -0.249 e. The molecule has 0 aromatic rings. The first kappa shape index (κ1) is 18.1. The predicted octanol–water partition coefficient (Wildman–Crippen LogP) is 4.80. The van der Waals surface area contributed by atoms with Gasteiger partial charge in [0.25, 0.3) is 0 Å². The zero-order valence-electron chi connectivity index (χ0n) is 13.4. The third-order valence-electron chi connectivity index (χ3n) is 4.91. The first-order valence-electron chi connectivity index (χ1n) is 8.76. The van der Waals surface area contributed by atoms with E-state index in [1.54, 1.807) is 0 Å². The van der Waals surface area contributed by atoms with E-state index in [-0.39, 0.29) is 0 Å². The lowest BCUT2D eigenvalue weighted by molar-refractivity contribution is -0.575. The standard InChI is InChI=1S/C16H30O6/c17-19-15(11-7-3-1-4-8-12-15)21-22-16(20-18)13-9-5-2-6-10-14-16/h17-18H,1-14H2. The molecule has 6 heteroatoms. The Hall–Kier alpha value is -0.240. The minimum absolute atomic E-state index is 0.574. The molecule has 0 radical (unpaired) electrons. The lowest BCUT2D eigenvalue weighted by atomic mass is 9.95. The van der Waals surface area contributed by atoms with Gasteiger partial charge < -0.3 is 0 Å². The highest BCUT2D eigenvalue weighted by molar-refractivity contribution is 4.73. The summed E-state index contributed by atoms with van der Waals surface area (Å²) in [6.07, 6.45) is 12.7. The highest BCUT2D eigenvalue weighted by Crippen LogP contribution is 2.36. The Morgan fingerprint density at radius 2 is 0.727 bits per heavy atom. The van der Waals surface area contributed by atoms with Crippen molar-refractivity contribution < 1.29 is 30.1 Å². The number of hydrogen-bond acceptors (Lipinski definition) is 6. The molecule has 6 nitrogen and oxygen atoms in total. The molecule has 130 valence electrons. The van der Waals surface area contributed by atoms with Crippen LogP contribution in [-0.4, -0.2) is 22.1 Å². The normalized spacial score (nSPS) is 26.5. The highest BCUT2D eigenvalue weighted by atomic mass is 17.3. The fraction of sp³-hybridized carbons (Fsp3) is 1.00. The van der Waals surface area contributed by atoms with Crippen molar-refractivity contribution in [1.82, 2.24) is 0 Å². The van der Waals surface area contributed by atoms with Crippen molar-refractivity contribution in [1.29, 1.82) is 0 Å². The van der Waals surface area contributed by atoms with Crippen LogP contribution in [0.4, 0.5) is 0 Å². The van der Waals surface area contributed by atoms with Gasteiger partial charge in [-0.25, -0.2) is 20.3 Å². The van der Waals surface area contributed by atoms with Crippen molar-refractivity contribution in [3.8, 4) is 0 Å². The first-order chi connectivity index (χ1) is 10.7. The minimum atomic E-state index is -1.14. The van der Waals surface area contributed by atoms with Crippen molar-refractivity contribution in [2.75, 3.05) is 0 Å². The van der Waals surface area contributed by atoms with Crippen LogP contribution in [0.5, 0.6) is 0 Å². The predicted molar refractivity (Wildman–Crippen MR) is 79.7 cm³/mol.